The molecule has 0 amide bonds. The van der Waals surface area contributed by atoms with Crippen molar-refractivity contribution in [3.8, 4) is 0 Å². The second-order valence-electron chi connectivity index (χ2n) is 3.92. The van der Waals surface area contributed by atoms with Crippen LogP contribution in [0.15, 0.2) is 42.5 Å². The highest BCUT2D eigenvalue weighted by Gasteiger charge is 2.10. The van der Waals surface area contributed by atoms with Gasteiger partial charge in [0.15, 0.2) is 0 Å². The van der Waals surface area contributed by atoms with E-state index in [4.69, 9.17) is 11.6 Å². The number of hydrogen-bond acceptors (Lipinski definition) is 2. The summed E-state index contributed by atoms with van der Waals surface area (Å²) in [4.78, 5) is 6.14. The molecule has 2 rings (SSSR count). The van der Waals surface area contributed by atoms with Crippen LogP contribution >= 0.6 is 11.6 Å². The van der Waals surface area contributed by atoms with E-state index in [0.717, 1.165) is 5.69 Å². The van der Waals surface area contributed by atoms with Gasteiger partial charge in [0.1, 0.15) is 11.0 Å². The Hall–Kier alpha value is -1.61. The zero-order chi connectivity index (χ0) is 13.0. The molecule has 4 heteroatoms. The Kier molecular flexibility index (Phi) is 4.15. The Bertz CT molecular complexity index is 531. The minimum Gasteiger partial charge on any atom is -0.364 e. The summed E-state index contributed by atoms with van der Waals surface area (Å²) in [6.07, 6.45) is 0. The van der Waals surface area contributed by atoms with Crippen molar-refractivity contribution in [2.75, 3.05) is 11.4 Å². The van der Waals surface area contributed by atoms with Crippen molar-refractivity contribution in [1.29, 1.82) is 0 Å². The summed E-state index contributed by atoms with van der Waals surface area (Å²) in [6.45, 7) is 3.23. The molecule has 0 aliphatic carbocycles. The minimum absolute atomic E-state index is 0.221. The fourth-order valence-corrected chi connectivity index (χ4v) is 1.99. The molecule has 2 nitrogen and oxygen atoms in total. The number of halogens is 2. The zero-order valence-corrected chi connectivity index (χ0v) is 10.9. The third-order valence-corrected chi connectivity index (χ3v) is 2.91. The molecule has 94 valence electrons. The van der Waals surface area contributed by atoms with E-state index in [1.807, 2.05) is 30.0 Å². The van der Waals surface area contributed by atoms with Crippen molar-refractivity contribution in [1.82, 2.24) is 4.98 Å². The molecule has 1 heterocycles. The van der Waals surface area contributed by atoms with E-state index in [9.17, 15) is 4.39 Å². The van der Waals surface area contributed by atoms with Gasteiger partial charge in [-0.2, -0.15) is 0 Å². The van der Waals surface area contributed by atoms with E-state index in [0.29, 0.717) is 23.9 Å². The lowest BCUT2D eigenvalue weighted by molar-refractivity contribution is 0.617. The van der Waals surface area contributed by atoms with Crippen LogP contribution in [0.25, 0.3) is 0 Å². The van der Waals surface area contributed by atoms with Crippen LogP contribution in [0, 0.1) is 5.82 Å². The molecule has 0 N–H and O–H groups in total. The van der Waals surface area contributed by atoms with Crippen LogP contribution in [0.4, 0.5) is 10.1 Å². The van der Waals surface area contributed by atoms with Crippen molar-refractivity contribution in [2.24, 2.45) is 0 Å². The van der Waals surface area contributed by atoms with Crippen LogP contribution in [0.2, 0.25) is 5.15 Å². The lowest BCUT2D eigenvalue weighted by Crippen LogP contribution is -2.23. The average Bonchev–Trinajstić information content (AvgIpc) is 2.37. The van der Waals surface area contributed by atoms with Crippen LogP contribution in [-0.2, 0) is 6.54 Å². The Balaban J connectivity index is 2.23. The average molecular weight is 265 g/mol. The first-order valence-electron chi connectivity index (χ1n) is 5.81. The Morgan fingerprint density at radius 2 is 1.94 bits per heavy atom. The molecule has 1 aromatic heterocycles. The maximum absolute atomic E-state index is 13.7. The van der Waals surface area contributed by atoms with E-state index in [-0.39, 0.29) is 5.82 Å². The topological polar surface area (TPSA) is 16.1 Å². The molecule has 0 bridgehead atoms. The highest BCUT2D eigenvalue weighted by Crippen LogP contribution is 2.20. The van der Waals surface area contributed by atoms with E-state index in [1.165, 1.54) is 6.07 Å². The fraction of sp³-hybridized carbons (Fsp3) is 0.214. The van der Waals surface area contributed by atoms with E-state index < -0.39 is 0 Å². The summed E-state index contributed by atoms with van der Waals surface area (Å²) in [5.41, 5.74) is 1.41. The molecule has 0 spiro atoms. The molecule has 0 fully saturated rings. The zero-order valence-electron chi connectivity index (χ0n) is 10.1. The summed E-state index contributed by atoms with van der Waals surface area (Å²) < 4.78 is 13.7. The van der Waals surface area contributed by atoms with E-state index >= 15 is 0 Å². The first-order chi connectivity index (χ1) is 8.70. The monoisotopic (exact) mass is 264 g/mol. The van der Waals surface area contributed by atoms with Gasteiger partial charge in [-0.05, 0) is 31.2 Å². The molecule has 0 saturated carbocycles. The van der Waals surface area contributed by atoms with Gasteiger partial charge in [0.2, 0.25) is 0 Å². The van der Waals surface area contributed by atoms with Crippen molar-refractivity contribution in [3.05, 3.63) is 59.1 Å². The summed E-state index contributed by atoms with van der Waals surface area (Å²) in [5.74, 6) is -0.221. The van der Waals surface area contributed by atoms with Crippen LogP contribution < -0.4 is 4.90 Å². The van der Waals surface area contributed by atoms with E-state index in [2.05, 4.69) is 4.98 Å². The van der Waals surface area contributed by atoms with E-state index in [1.54, 1.807) is 18.2 Å². The summed E-state index contributed by atoms with van der Waals surface area (Å²) >= 11 is 5.85. The van der Waals surface area contributed by atoms with Crippen LogP contribution in [0.1, 0.15) is 12.6 Å². The highest BCUT2D eigenvalue weighted by atomic mass is 35.5. The van der Waals surface area contributed by atoms with Gasteiger partial charge in [-0.3, -0.25) is 0 Å². The first-order valence-corrected chi connectivity index (χ1v) is 6.19. The van der Waals surface area contributed by atoms with Gasteiger partial charge >= 0.3 is 0 Å². The molecule has 0 aliphatic heterocycles. The Labute approximate surface area is 111 Å². The van der Waals surface area contributed by atoms with Crippen LogP contribution in [0.3, 0.4) is 0 Å². The quantitative estimate of drug-likeness (QED) is 0.779. The second-order valence-corrected chi connectivity index (χ2v) is 4.30. The fourth-order valence-electron chi connectivity index (χ4n) is 1.81. The molecule has 0 unspecified atom stereocenters. The molecule has 0 radical (unpaired) electrons. The minimum atomic E-state index is -0.221. The van der Waals surface area contributed by atoms with Gasteiger partial charge in [-0.25, -0.2) is 9.37 Å². The number of para-hydroxylation sites is 1. The van der Waals surface area contributed by atoms with Gasteiger partial charge < -0.3 is 4.90 Å². The number of nitrogens with zero attached hydrogens (tertiary/aromatic N) is 2. The highest BCUT2D eigenvalue weighted by molar-refractivity contribution is 6.29. The van der Waals surface area contributed by atoms with Crippen molar-refractivity contribution >= 4 is 17.3 Å². The third kappa shape index (κ3) is 2.99. The maximum Gasteiger partial charge on any atom is 0.146 e. The molecule has 1 aromatic carbocycles. The lowest BCUT2D eigenvalue weighted by atomic mass is 10.2. The molecular weight excluding hydrogens is 251 g/mol. The molecular formula is C14H14ClFN2. The largest absolute Gasteiger partial charge is 0.364 e. The van der Waals surface area contributed by atoms with Crippen molar-refractivity contribution in [3.63, 3.8) is 0 Å². The second kappa shape index (κ2) is 5.83. The third-order valence-electron chi connectivity index (χ3n) is 2.70. The van der Waals surface area contributed by atoms with Gasteiger partial charge in [-0.1, -0.05) is 29.8 Å². The van der Waals surface area contributed by atoms with Crippen molar-refractivity contribution < 1.29 is 4.39 Å². The van der Waals surface area contributed by atoms with Gasteiger partial charge in [0.25, 0.3) is 0 Å². The van der Waals surface area contributed by atoms with Gasteiger partial charge in [0, 0.05) is 6.54 Å². The number of pyridine rings is 1. The van der Waals surface area contributed by atoms with Crippen molar-refractivity contribution in [2.45, 2.75) is 13.5 Å². The summed E-state index contributed by atoms with van der Waals surface area (Å²) in [7, 11) is 0. The number of benzene rings is 1. The van der Waals surface area contributed by atoms with Crippen LogP contribution in [0.5, 0.6) is 0 Å². The summed E-state index contributed by atoms with van der Waals surface area (Å²) in [6, 6.07) is 12.2. The maximum atomic E-state index is 13.7. The number of aromatic nitrogens is 1. The molecule has 0 saturated heterocycles. The Morgan fingerprint density at radius 3 is 2.61 bits per heavy atom. The normalized spacial score (nSPS) is 10.4. The van der Waals surface area contributed by atoms with Crippen LogP contribution in [-0.4, -0.2) is 11.5 Å². The molecule has 2 aromatic rings. The SMILES string of the molecule is CCN(Cc1cccc(Cl)n1)c1ccccc1F. The lowest BCUT2D eigenvalue weighted by Gasteiger charge is -2.23. The first kappa shape index (κ1) is 12.8. The predicted molar refractivity (Wildman–Crippen MR) is 72.4 cm³/mol. The number of hydrogen-bond donors (Lipinski definition) is 0. The molecule has 18 heavy (non-hydrogen) atoms. The Morgan fingerprint density at radius 1 is 1.17 bits per heavy atom. The number of rotatable bonds is 4. The van der Waals surface area contributed by atoms with Gasteiger partial charge in [0.05, 0.1) is 17.9 Å². The molecule has 0 aliphatic rings. The van der Waals surface area contributed by atoms with Gasteiger partial charge in [-0.15, -0.1) is 0 Å². The summed E-state index contributed by atoms with van der Waals surface area (Å²) in [5, 5.41) is 0.456. The smallest absolute Gasteiger partial charge is 0.146 e. The predicted octanol–water partition coefficient (Wildman–Crippen LogP) is 3.90. The molecule has 0 atom stereocenters. The number of anilines is 1. The standard InChI is InChI=1S/C14H14ClFN2/c1-2-18(13-8-4-3-7-12(13)16)10-11-6-5-9-14(15)17-11/h3-9H,2,10H2,1H3.